The molecule has 0 saturated carbocycles. The molecule has 1 aliphatic rings. The van der Waals surface area contributed by atoms with Crippen molar-refractivity contribution in [1.82, 2.24) is 4.90 Å². The lowest BCUT2D eigenvalue weighted by atomic mass is 10.0. The lowest BCUT2D eigenvalue weighted by molar-refractivity contribution is -0.139. The van der Waals surface area contributed by atoms with Gasteiger partial charge in [0.2, 0.25) is 0 Å². The number of hydrogen-bond donors (Lipinski definition) is 0. The number of hydrogen-bond acceptors (Lipinski definition) is 5. The molecule has 2 aromatic rings. The second-order valence-electron chi connectivity index (χ2n) is 7.48. The van der Waals surface area contributed by atoms with Gasteiger partial charge in [-0.15, -0.1) is 0 Å². The first kappa shape index (κ1) is 21.6. The van der Waals surface area contributed by atoms with Gasteiger partial charge in [0, 0.05) is 20.0 Å². The lowest BCUT2D eigenvalue weighted by Gasteiger charge is -2.24. The number of likely N-dealkylation sites (tertiary alicyclic amines) is 1. The van der Waals surface area contributed by atoms with Gasteiger partial charge in [0.1, 0.15) is 5.75 Å². The van der Waals surface area contributed by atoms with Crippen molar-refractivity contribution in [3.8, 4) is 16.9 Å². The van der Waals surface area contributed by atoms with Gasteiger partial charge in [-0.2, -0.15) is 0 Å². The number of amides is 1. The van der Waals surface area contributed by atoms with E-state index in [4.69, 9.17) is 9.47 Å². The van der Waals surface area contributed by atoms with Gasteiger partial charge < -0.3 is 14.4 Å². The van der Waals surface area contributed by atoms with Gasteiger partial charge in [0.25, 0.3) is 5.91 Å². The van der Waals surface area contributed by atoms with E-state index < -0.39 is 12.1 Å². The van der Waals surface area contributed by atoms with E-state index >= 15 is 0 Å². The number of carbonyl (C=O) groups is 3. The second kappa shape index (κ2) is 10.1. The third kappa shape index (κ3) is 5.69. The highest BCUT2D eigenvalue weighted by Crippen LogP contribution is 2.23. The number of benzene rings is 2. The monoisotopic (exact) mass is 409 g/mol. The third-order valence-corrected chi connectivity index (χ3v) is 5.12. The summed E-state index contributed by atoms with van der Waals surface area (Å²) in [4.78, 5) is 37.8. The maximum atomic E-state index is 12.6. The molecule has 6 heteroatoms. The Kier molecular flexibility index (Phi) is 7.22. The van der Waals surface area contributed by atoms with Crippen LogP contribution in [0, 0.1) is 0 Å². The van der Waals surface area contributed by atoms with Crippen LogP contribution >= 0.6 is 0 Å². The van der Waals surface area contributed by atoms with Crippen LogP contribution in [0.5, 0.6) is 5.75 Å². The Bertz CT molecular complexity index is 881. The van der Waals surface area contributed by atoms with Crippen molar-refractivity contribution < 1.29 is 23.9 Å². The predicted molar refractivity (Wildman–Crippen MR) is 113 cm³/mol. The molecule has 0 bridgehead atoms. The van der Waals surface area contributed by atoms with Crippen molar-refractivity contribution in [3.05, 3.63) is 54.1 Å². The summed E-state index contributed by atoms with van der Waals surface area (Å²) in [5.74, 6) is -0.527. The minimum Gasteiger partial charge on any atom is -0.449 e. The van der Waals surface area contributed by atoms with Crippen LogP contribution in [-0.2, 0) is 14.3 Å². The van der Waals surface area contributed by atoms with E-state index in [2.05, 4.69) is 0 Å². The fourth-order valence-electron chi connectivity index (χ4n) is 3.51. The minimum atomic E-state index is -0.802. The van der Waals surface area contributed by atoms with Crippen molar-refractivity contribution >= 4 is 17.8 Å². The molecule has 0 radical (unpaired) electrons. The second-order valence-corrected chi connectivity index (χ2v) is 7.48. The van der Waals surface area contributed by atoms with Crippen LogP contribution in [0.3, 0.4) is 0 Å². The Hall–Kier alpha value is -3.15. The molecular formula is C24H27NO5. The van der Waals surface area contributed by atoms with E-state index in [9.17, 15) is 14.4 Å². The fraction of sp³-hybridized carbons (Fsp3) is 0.375. The molecule has 1 fully saturated rings. The average molecular weight is 409 g/mol. The van der Waals surface area contributed by atoms with E-state index in [1.165, 1.54) is 6.92 Å². The Balaban J connectivity index is 1.60. The summed E-state index contributed by atoms with van der Waals surface area (Å²) in [7, 11) is 0. The first-order chi connectivity index (χ1) is 14.4. The molecule has 1 amide bonds. The highest BCUT2D eigenvalue weighted by atomic mass is 16.5. The molecule has 0 aliphatic carbocycles. The van der Waals surface area contributed by atoms with Crippen molar-refractivity contribution in [2.45, 2.75) is 45.6 Å². The molecular weight excluding hydrogens is 382 g/mol. The fourth-order valence-corrected chi connectivity index (χ4v) is 3.51. The van der Waals surface area contributed by atoms with Crippen LogP contribution in [0.4, 0.5) is 0 Å². The van der Waals surface area contributed by atoms with Crippen LogP contribution in [0.1, 0.15) is 49.9 Å². The number of carbonyl (C=O) groups excluding carboxylic acids is 3. The topological polar surface area (TPSA) is 72.9 Å². The van der Waals surface area contributed by atoms with Gasteiger partial charge in [0.15, 0.2) is 6.10 Å². The Labute approximate surface area is 176 Å². The normalized spacial score (nSPS) is 15.1. The van der Waals surface area contributed by atoms with Crippen molar-refractivity contribution in [3.63, 3.8) is 0 Å². The molecule has 1 aliphatic heterocycles. The lowest BCUT2D eigenvalue weighted by Crippen LogP contribution is -2.40. The summed E-state index contributed by atoms with van der Waals surface area (Å²) < 4.78 is 10.4. The maximum Gasteiger partial charge on any atom is 0.338 e. The zero-order chi connectivity index (χ0) is 21.5. The molecule has 1 heterocycles. The first-order valence-electron chi connectivity index (χ1n) is 10.3. The number of nitrogens with zero attached hydrogens (tertiary/aromatic N) is 1. The molecule has 1 saturated heterocycles. The van der Waals surface area contributed by atoms with E-state index in [0.717, 1.165) is 49.9 Å². The first-order valence-corrected chi connectivity index (χ1v) is 10.3. The molecule has 3 rings (SSSR count). The van der Waals surface area contributed by atoms with Crippen molar-refractivity contribution in [2.24, 2.45) is 0 Å². The van der Waals surface area contributed by atoms with E-state index in [-0.39, 0.29) is 11.9 Å². The maximum absolute atomic E-state index is 12.6. The summed E-state index contributed by atoms with van der Waals surface area (Å²) in [5.41, 5.74) is 2.23. The van der Waals surface area contributed by atoms with E-state index in [1.54, 1.807) is 36.1 Å². The average Bonchev–Trinajstić information content (AvgIpc) is 3.03. The van der Waals surface area contributed by atoms with Crippen LogP contribution < -0.4 is 4.74 Å². The highest BCUT2D eigenvalue weighted by molar-refractivity contribution is 5.92. The Morgan fingerprint density at radius 1 is 0.833 bits per heavy atom. The van der Waals surface area contributed by atoms with Crippen molar-refractivity contribution in [1.29, 1.82) is 0 Å². The molecule has 0 N–H and O–H groups in total. The highest BCUT2D eigenvalue weighted by Gasteiger charge is 2.24. The summed E-state index contributed by atoms with van der Waals surface area (Å²) in [5, 5.41) is 0. The number of ether oxygens (including phenoxy) is 2. The molecule has 30 heavy (non-hydrogen) atoms. The number of rotatable bonds is 5. The van der Waals surface area contributed by atoms with Crippen LogP contribution in [-0.4, -0.2) is 41.9 Å². The molecule has 0 aromatic heterocycles. The van der Waals surface area contributed by atoms with Crippen LogP contribution in [0.25, 0.3) is 11.1 Å². The van der Waals surface area contributed by atoms with Gasteiger partial charge >= 0.3 is 11.9 Å². The minimum absolute atomic E-state index is 0.130. The molecule has 0 spiro atoms. The van der Waals surface area contributed by atoms with Crippen molar-refractivity contribution in [2.75, 3.05) is 13.1 Å². The quantitative estimate of drug-likeness (QED) is 0.546. The van der Waals surface area contributed by atoms with E-state index in [0.29, 0.717) is 11.3 Å². The largest absolute Gasteiger partial charge is 0.449 e. The van der Waals surface area contributed by atoms with Gasteiger partial charge in [-0.25, -0.2) is 4.79 Å². The van der Waals surface area contributed by atoms with E-state index in [1.807, 2.05) is 24.3 Å². The molecule has 1 atom stereocenters. The summed E-state index contributed by atoms with van der Waals surface area (Å²) in [6.45, 7) is 4.44. The molecule has 2 aromatic carbocycles. The molecule has 158 valence electrons. The predicted octanol–water partition coefficient (Wildman–Crippen LogP) is 4.23. The zero-order valence-corrected chi connectivity index (χ0v) is 17.4. The standard InChI is InChI=1S/C24H27NO5/c1-17(23(27)25-15-5-3-4-6-16-25)29-24(28)21-9-7-19(8-10-21)20-11-13-22(14-12-20)30-18(2)26/h7-14,17H,3-6,15-16H2,1-2H3/t17-/m0/s1. The Morgan fingerprint density at radius 2 is 1.37 bits per heavy atom. The van der Waals surface area contributed by atoms with Crippen LogP contribution in [0.15, 0.2) is 48.5 Å². The van der Waals surface area contributed by atoms with Gasteiger partial charge in [0.05, 0.1) is 5.56 Å². The van der Waals surface area contributed by atoms with Gasteiger partial charge in [-0.1, -0.05) is 37.1 Å². The zero-order valence-electron chi connectivity index (χ0n) is 17.4. The number of esters is 2. The molecule has 6 nitrogen and oxygen atoms in total. The Morgan fingerprint density at radius 3 is 1.90 bits per heavy atom. The SMILES string of the molecule is CC(=O)Oc1ccc(-c2ccc(C(=O)O[C@@H](C)C(=O)N3CCCCCC3)cc2)cc1. The summed E-state index contributed by atoms with van der Waals surface area (Å²) >= 11 is 0. The molecule has 0 unspecified atom stereocenters. The van der Waals surface area contributed by atoms with Crippen LogP contribution in [0.2, 0.25) is 0 Å². The summed E-state index contributed by atoms with van der Waals surface area (Å²) in [6, 6.07) is 14.1. The smallest absolute Gasteiger partial charge is 0.338 e. The van der Waals surface area contributed by atoms with Gasteiger partial charge in [-0.05, 0) is 55.2 Å². The summed E-state index contributed by atoms with van der Waals surface area (Å²) in [6.07, 6.45) is 3.46. The van der Waals surface area contributed by atoms with Gasteiger partial charge in [-0.3, -0.25) is 9.59 Å². The third-order valence-electron chi connectivity index (χ3n) is 5.12.